The van der Waals surface area contributed by atoms with E-state index in [9.17, 15) is 26.4 Å². The summed E-state index contributed by atoms with van der Waals surface area (Å²) in [5.41, 5.74) is 7.06. The summed E-state index contributed by atoms with van der Waals surface area (Å²) >= 11 is 0. The van der Waals surface area contributed by atoms with E-state index in [1.165, 1.54) is 19.1 Å². The van der Waals surface area contributed by atoms with E-state index in [4.69, 9.17) is 14.1 Å². The van der Waals surface area contributed by atoms with Crippen LogP contribution in [-0.2, 0) is 27.8 Å². The van der Waals surface area contributed by atoms with Crippen LogP contribution in [0.5, 0.6) is 5.75 Å². The Hall–Kier alpha value is -4.51. The lowest BCUT2D eigenvalue weighted by molar-refractivity contribution is -0.169. The number of nitrogens with one attached hydrogen (secondary N) is 1. The molecule has 1 aromatic heterocycles. The van der Waals surface area contributed by atoms with Gasteiger partial charge in [-0.15, -0.1) is 0 Å². The summed E-state index contributed by atoms with van der Waals surface area (Å²) in [4.78, 5) is 32.2. The first-order valence-electron chi connectivity index (χ1n) is 13.5. The van der Waals surface area contributed by atoms with E-state index in [-0.39, 0.29) is 23.2 Å². The zero-order valence-electron chi connectivity index (χ0n) is 25.3. The Bertz CT molecular complexity index is 1630. The summed E-state index contributed by atoms with van der Waals surface area (Å²) < 4.78 is 70.1. The van der Waals surface area contributed by atoms with Crippen molar-refractivity contribution in [1.29, 1.82) is 0 Å². The number of nitrogens with two attached hydrogens (primary N) is 1. The molecule has 0 fully saturated rings. The Morgan fingerprint density at radius 1 is 1.11 bits per heavy atom. The largest absolute Gasteiger partial charge is 0.497 e. The predicted octanol–water partition coefficient (Wildman–Crippen LogP) is 2.21. The van der Waals surface area contributed by atoms with Crippen LogP contribution in [0.25, 0.3) is 0 Å². The predicted molar refractivity (Wildman–Crippen MR) is 157 cm³/mol. The number of amides is 2. The second-order valence-electron chi connectivity index (χ2n) is 10.1. The number of aliphatic imine (C=N–C) groups is 1. The Morgan fingerprint density at radius 3 is 2.22 bits per heavy atom. The number of alkyl halides is 3. The maximum atomic E-state index is 13.3. The van der Waals surface area contributed by atoms with Crippen molar-refractivity contribution in [2.75, 3.05) is 40.8 Å². The number of carbonyl (C=O) groups is 2. The zero-order valence-corrected chi connectivity index (χ0v) is 26.1. The topological polar surface area (TPSA) is 173 Å². The number of ether oxygens (including phenoxy) is 1. The summed E-state index contributed by atoms with van der Waals surface area (Å²) in [6.45, 7) is 5.37. The van der Waals surface area contributed by atoms with E-state index in [1.807, 2.05) is 24.3 Å². The van der Waals surface area contributed by atoms with Gasteiger partial charge in [-0.25, -0.2) is 8.42 Å². The highest BCUT2D eigenvalue weighted by Gasteiger charge is 2.35. The molecule has 2 aromatic carbocycles. The average molecular weight is 654 g/mol. The third kappa shape index (κ3) is 9.01. The van der Waals surface area contributed by atoms with Crippen LogP contribution < -0.4 is 15.8 Å². The summed E-state index contributed by atoms with van der Waals surface area (Å²) in [7, 11) is 0.771. The van der Waals surface area contributed by atoms with Crippen molar-refractivity contribution >= 4 is 27.7 Å². The third-order valence-electron chi connectivity index (χ3n) is 6.62. The number of rotatable bonds is 10. The normalized spacial score (nSPS) is 13.0. The van der Waals surface area contributed by atoms with Gasteiger partial charge in [0.2, 0.25) is 10.0 Å². The number of nitrogens with zero attached hydrogens (tertiary/aromatic N) is 5. The number of aryl methyl sites for hydroxylation is 2. The fraction of sp³-hybridized carbons (Fsp3) is 0.393. The molecule has 3 aromatic rings. The molecule has 0 aliphatic carbocycles. The van der Waals surface area contributed by atoms with Gasteiger partial charge in [0.25, 0.3) is 0 Å². The van der Waals surface area contributed by atoms with Gasteiger partial charge in [-0.3, -0.25) is 14.6 Å². The molecule has 244 valence electrons. The zero-order chi connectivity index (χ0) is 33.5. The molecule has 0 radical (unpaired) electrons. The molecule has 1 aliphatic rings. The highest BCUT2D eigenvalue weighted by Crippen LogP contribution is 2.28. The fourth-order valence-electron chi connectivity index (χ4n) is 4.26. The third-order valence-corrected chi connectivity index (χ3v) is 8.73. The Balaban J connectivity index is 0.000000707. The lowest BCUT2D eigenvalue weighted by atomic mass is 10.1. The van der Waals surface area contributed by atoms with Crippen molar-refractivity contribution < 1.29 is 40.4 Å². The number of halogens is 3. The Labute approximate surface area is 258 Å². The molecule has 0 bridgehead atoms. The first kappa shape index (κ1) is 35.0. The fourth-order valence-corrected chi connectivity index (χ4v) is 5.79. The van der Waals surface area contributed by atoms with Gasteiger partial charge in [0.05, 0.1) is 25.1 Å². The number of hydrogen-bond donors (Lipinski definition) is 2. The van der Waals surface area contributed by atoms with E-state index < -0.39 is 28.0 Å². The van der Waals surface area contributed by atoms with Crippen LogP contribution in [0, 0.1) is 13.8 Å². The van der Waals surface area contributed by atoms with E-state index in [1.54, 1.807) is 33.0 Å². The molecule has 45 heavy (non-hydrogen) atoms. The summed E-state index contributed by atoms with van der Waals surface area (Å²) in [5, 5.41) is 7.08. The van der Waals surface area contributed by atoms with Crippen molar-refractivity contribution in [2.45, 2.75) is 37.9 Å². The molecule has 2 heterocycles. The maximum absolute atomic E-state index is 13.3. The monoisotopic (exact) mass is 653 g/mol. The molecule has 3 N–H and O–H groups in total. The number of aromatic nitrogens is 2. The van der Waals surface area contributed by atoms with Crippen molar-refractivity contribution in [1.82, 2.24) is 24.7 Å². The molecule has 4 rings (SSSR count). The van der Waals surface area contributed by atoms with Crippen LogP contribution in [0.2, 0.25) is 0 Å². The second-order valence-corrected chi connectivity index (χ2v) is 12.0. The number of hydrogen-bond acceptors (Lipinski definition) is 10. The van der Waals surface area contributed by atoms with Gasteiger partial charge in [0, 0.05) is 32.7 Å². The number of methoxy groups -OCH3 is 1. The van der Waals surface area contributed by atoms with E-state index >= 15 is 0 Å². The van der Waals surface area contributed by atoms with Crippen LogP contribution in [0.15, 0.2) is 50.8 Å². The van der Waals surface area contributed by atoms with Gasteiger partial charge >= 0.3 is 23.9 Å². The van der Waals surface area contributed by atoms with Crippen molar-refractivity contribution in [2.24, 2.45) is 10.7 Å². The van der Waals surface area contributed by atoms with Gasteiger partial charge in [0.15, 0.2) is 5.82 Å². The number of benzene rings is 2. The number of primary amides is 1. The van der Waals surface area contributed by atoms with E-state index in [2.05, 4.69) is 26.2 Å². The first-order chi connectivity index (χ1) is 21.0. The standard InChI is InChI=1S/C26H32N6O5S.C2H2F3NO/c1-17-14-21(36-5)15-18(2)23(17)38(34,35)32(4)16-22-29-25(37-30-22)26(33)31(3)13-10-19-6-8-20(9-7-19)24-27-11-12-28-24;3-2(4,5)1(6)7/h6-9,14-15H,10-13,16H2,1-5H3,(H,27,28);(H2,6,7). The molecular formula is C28H34F3N7O6S. The number of amidine groups is 1. The quantitative estimate of drug-likeness (QED) is 0.333. The number of carbonyl (C=O) groups excluding carboxylic acids is 2. The molecule has 0 atom stereocenters. The summed E-state index contributed by atoms with van der Waals surface area (Å²) in [6.07, 6.45) is -4.22. The molecule has 0 saturated carbocycles. The average Bonchev–Trinajstić information content (AvgIpc) is 3.68. The van der Waals surface area contributed by atoms with Crippen LogP contribution in [0.4, 0.5) is 13.2 Å². The van der Waals surface area contributed by atoms with Crippen LogP contribution in [0.3, 0.4) is 0 Å². The molecule has 2 amide bonds. The molecular weight excluding hydrogens is 619 g/mol. The Morgan fingerprint density at radius 2 is 1.71 bits per heavy atom. The molecule has 0 saturated heterocycles. The molecule has 13 nitrogen and oxygen atoms in total. The van der Waals surface area contributed by atoms with Crippen molar-refractivity contribution in [3.63, 3.8) is 0 Å². The van der Waals surface area contributed by atoms with Crippen LogP contribution in [0.1, 0.15) is 38.8 Å². The summed E-state index contributed by atoms with van der Waals surface area (Å²) in [6, 6.07) is 11.4. The van der Waals surface area contributed by atoms with Gasteiger partial charge in [0.1, 0.15) is 11.6 Å². The minimum absolute atomic E-state index is 0.0932. The first-order valence-corrected chi connectivity index (χ1v) is 14.9. The SMILES string of the molecule is COc1cc(C)c(S(=O)(=O)N(C)Cc2noc(C(=O)N(C)CCc3ccc(C4=NCCN4)cc3)n2)c(C)c1.NC(=O)C(F)(F)F. The lowest BCUT2D eigenvalue weighted by Gasteiger charge is -2.19. The van der Waals surface area contributed by atoms with Crippen LogP contribution >= 0.6 is 0 Å². The highest BCUT2D eigenvalue weighted by atomic mass is 32.2. The van der Waals surface area contributed by atoms with E-state index in [0.29, 0.717) is 29.8 Å². The van der Waals surface area contributed by atoms with Gasteiger partial charge in [-0.05, 0) is 49.1 Å². The second kappa shape index (κ2) is 14.5. The minimum Gasteiger partial charge on any atom is -0.497 e. The minimum atomic E-state index is -4.86. The molecule has 0 spiro atoms. The smallest absolute Gasteiger partial charge is 0.470 e. The van der Waals surface area contributed by atoms with Crippen molar-refractivity contribution in [3.8, 4) is 5.75 Å². The summed E-state index contributed by atoms with van der Waals surface area (Å²) in [5.74, 6) is -1.30. The van der Waals surface area contributed by atoms with Gasteiger partial charge < -0.3 is 25.2 Å². The van der Waals surface area contributed by atoms with Crippen molar-refractivity contribution in [3.05, 3.63) is 70.4 Å². The number of sulfonamides is 1. The maximum Gasteiger partial charge on any atom is 0.470 e. The Kier molecular flexibility index (Phi) is 11.3. The van der Waals surface area contributed by atoms with E-state index in [0.717, 1.165) is 34.4 Å². The number of likely N-dealkylation sites (N-methyl/N-ethyl adjacent to an activating group) is 1. The molecule has 17 heteroatoms. The van der Waals surface area contributed by atoms with Gasteiger partial charge in [-0.2, -0.15) is 22.5 Å². The van der Waals surface area contributed by atoms with Crippen LogP contribution in [-0.4, -0.2) is 92.4 Å². The highest BCUT2D eigenvalue weighted by molar-refractivity contribution is 7.89. The molecule has 1 aliphatic heterocycles. The van der Waals surface area contributed by atoms with Gasteiger partial charge in [-0.1, -0.05) is 29.4 Å². The molecule has 0 unspecified atom stereocenters. The lowest BCUT2D eigenvalue weighted by Crippen LogP contribution is -2.30.